The number of allylic oxidation sites excluding steroid dienone is 2. The number of halogens is 1. The average molecular weight is 149 g/mol. The van der Waals surface area contributed by atoms with Gasteiger partial charge in [-0.05, 0) is 23.3 Å². The molecule has 1 rings (SSSR count). The van der Waals surface area contributed by atoms with Crippen molar-refractivity contribution in [2.45, 2.75) is 0 Å². The quantitative estimate of drug-likeness (QED) is 0.465. The third kappa shape index (κ3) is 1.74. The van der Waals surface area contributed by atoms with E-state index in [1.807, 2.05) is 0 Å². The molecule has 1 aromatic heterocycles. The van der Waals surface area contributed by atoms with Crippen LogP contribution in [0, 0.1) is 5.95 Å². The molecule has 0 aliphatic carbocycles. The van der Waals surface area contributed by atoms with E-state index in [2.05, 4.69) is 18.1 Å². The summed E-state index contributed by atoms with van der Waals surface area (Å²) in [7, 11) is 0. The van der Waals surface area contributed by atoms with Crippen LogP contribution < -0.4 is 0 Å². The molecule has 1 heterocycles. The Kier molecular flexibility index (Phi) is 2.16. The molecule has 0 aromatic carbocycles. The lowest BCUT2D eigenvalue weighted by atomic mass is 10.1. The fourth-order valence-corrected chi connectivity index (χ4v) is 0.684. The molecule has 2 heteroatoms. The van der Waals surface area contributed by atoms with Gasteiger partial charge in [-0.15, -0.1) is 0 Å². The molecule has 0 radical (unpaired) electrons. The van der Waals surface area contributed by atoms with E-state index in [9.17, 15) is 4.39 Å². The maximum atomic E-state index is 12.3. The Bertz CT molecular complexity index is 274. The maximum Gasteiger partial charge on any atom is 0.212 e. The highest BCUT2D eigenvalue weighted by Gasteiger charge is 1.94. The molecular formula is C9H8FN. The van der Waals surface area contributed by atoms with Gasteiger partial charge in [0.05, 0.1) is 0 Å². The summed E-state index contributed by atoms with van der Waals surface area (Å²) in [5, 5.41) is 0. The van der Waals surface area contributed by atoms with Crippen molar-refractivity contribution in [1.82, 2.24) is 4.98 Å². The van der Waals surface area contributed by atoms with Gasteiger partial charge in [-0.2, -0.15) is 4.39 Å². The second-order valence-electron chi connectivity index (χ2n) is 2.10. The summed E-state index contributed by atoms with van der Waals surface area (Å²) >= 11 is 0. The molecule has 0 atom stereocenters. The van der Waals surface area contributed by atoms with Gasteiger partial charge in [0.2, 0.25) is 5.95 Å². The summed E-state index contributed by atoms with van der Waals surface area (Å²) in [6.45, 7) is 7.23. The smallest absolute Gasteiger partial charge is 0.212 e. The number of pyridine rings is 1. The SMILES string of the molecule is C=CC(=C)c1ccc(F)nc1. The van der Waals surface area contributed by atoms with Crippen molar-refractivity contribution < 1.29 is 4.39 Å². The van der Waals surface area contributed by atoms with Gasteiger partial charge in [0.25, 0.3) is 0 Å². The van der Waals surface area contributed by atoms with Gasteiger partial charge in [0.1, 0.15) is 0 Å². The molecule has 0 unspecified atom stereocenters. The Morgan fingerprint density at radius 2 is 2.27 bits per heavy atom. The Hall–Kier alpha value is -1.44. The first-order chi connectivity index (χ1) is 5.24. The molecule has 0 aliphatic heterocycles. The standard InChI is InChI=1S/C9H8FN/c1-3-7(2)8-4-5-9(10)11-6-8/h3-6H,1-2H2. The highest BCUT2D eigenvalue weighted by molar-refractivity contribution is 5.70. The highest BCUT2D eigenvalue weighted by Crippen LogP contribution is 2.10. The Labute approximate surface area is 64.9 Å². The first kappa shape index (κ1) is 7.66. The number of nitrogens with zero attached hydrogens (tertiary/aromatic N) is 1. The lowest BCUT2D eigenvalue weighted by molar-refractivity contribution is 0.583. The van der Waals surface area contributed by atoms with Gasteiger partial charge in [-0.1, -0.05) is 19.2 Å². The molecule has 0 amide bonds. The monoisotopic (exact) mass is 149 g/mol. The largest absolute Gasteiger partial charge is 0.228 e. The molecule has 0 saturated heterocycles. The van der Waals surface area contributed by atoms with Crippen LogP contribution in [0.15, 0.2) is 37.6 Å². The van der Waals surface area contributed by atoms with Crippen LogP contribution in [0.3, 0.4) is 0 Å². The van der Waals surface area contributed by atoms with Crippen molar-refractivity contribution >= 4 is 5.57 Å². The molecule has 1 nitrogen and oxygen atoms in total. The average Bonchev–Trinajstić information content (AvgIpc) is 2.05. The normalized spacial score (nSPS) is 9.18. The highest BCUT2D eigenvalue weighted by atomic mass is 19.1. The van der Waals surface area contributed by atoms with Crippen LogP contribution >= 0.6 is 0 Å². The first-order valence-electron chi connectivity index (χ1n) is 3.17. The second kappa shape index (κ2) is 3.10. The molecule has 0 N–H and O–H groups in total. The summed E-state index contributed by atoms with van der Waals surface area (Å²) in [6.07, 6.45) is 3.04. The van der Waals surface area contributed by atoms with Crippen molar-refractivity contribution in [3.05, 3.63) is 49.1 Å². The van der Waals surface area contributed by atoms with Crippen LogP contribution in [0.5, 0.6) is 0 Å². The summed E-state index contributed by atoms with van der Waals surface area (Å²) in [4.78, 5) is 3.47. The molecular weight excluding hydrogens is 141 g/mol. The van der Waals surface area contributed by atoms with E-state index in [1.165, 1.54) is 12.3 Å². The number of rotatable bonds is 2. The van der Waals surface area contributed by atoms with Gasteiger partial charge in [0.15, 0.2) is 0 Å². The zero-order valence-electron chi connectivity index (χ0n) is 6.05. The fraction of sp³-hybridized carbons (Fsp3) is 0. The van der Waals surface area contributed by atoms with Crippen molar-refractivity contribution in [2.75, 3.05) is 0 Å². The zero-order chi connectivity index (χ0) is 8.27. The van der Waals surface area contributed by atoms with Crippen molar-refractivity contribution in [3.8, 4) is 0 Å². The zero-order valence-corrected chi connectivity index (χ0v) is 6.05. The first-order valence-corrected chi connectivity index (χ1v) is 3.17. The fourth-order valence-electron chi connectivity index (χ4n) is 0.684. The number of hydrogen-bond acceptors (Lipinski definition) is 1. The van der Waals surface area contributed by atoms with E-state index < -0.39 is 5.95 Å². The van der Waals surface area contributed by atoms with Crippen LogP contribution in [0.1, 0.15) is 5.56 Å². The summed E-state index contributed by atoms with van der Waals surface area (Å²) in [5.74, 6) is -0.481. The molecule has 0 aliphatic rings. The summed E-state index contributed by atoms with van der Waals surface area (Å²) in [6, 6.07) is 2.91. The molecule has 11 heavy (non-hydrogen) atoms. The van der Waals surface area contributed by atoms with E-state index in [-0.39, 0.29) is 0 Å². The van der Waals surface area contributed by atoms with Crippen LogP contribution in [0.25, 0.3) is 5.57 Å². The Morgan fingerprint density at radius 1 is 1.55 bits per heavy atom. The maximum absolute atomic E-state index is 12.3. The van der Waals surface area contributed by atoms with E-state index in [0.717, 1.165) is 11.1 Å². The van der Waals surface area contributed by atoms with Crippen LogP contribution in [-0.4, -0.2) is 4.98 Å². The molecule has 0 spiro atoms. The minimum atomic E-state index is -0.481. The predicted molar refractivity (Wildman–Crippen MR) is 43.4 cm³/mol. The minimum Gasteiger partial charge on any atom is -0.228 e. The van der Waals surface area contributed by atoms with E-state index >= 15 is 0 Å². The summed E-state index contributed by atoms with van der Waals surface area (Å²) in [5.41, 5.74) is 1.54. The molecule has 0 bridgehead atoms. The van der Waals surface area contributed by atoms with Crippen LogP contribution in [-0.2, 0) is 0 Å². The van der Waals surface area contributed by atoms with Gasteiger partial charge < -0.3 is 0 Å². The molecule has 56 valence electrons. The van der Waals surface area contributed by atoms with E-state index in [4.69, 9.17) is 0 Å². The summed E-state index contributed by atoms with van der Waals surface area (Å²) < 4.78 is 12.3. The van der Waals surface area contributed by atoms with Crippen LogP contribution in [0.2, 0.25) is 0 Å². The van der Waals surface area contributed by atoms with Crippen molar-refractivity contribution in [3.63, 3.8) is 0 Å². The third-order valence-electron chi connectivity index (χ3n) is 1.34. The van der Waals surface area contributed by atoms with E-state index in [1.54, 1.807) is 12.1 Å². The topological polar surface area (TPSA) is 12.9 Å². The molecule has 0 fully saturated rings. The molecule has 0 saturated carbocycles. The van der Waals surface area contributed by atoms with Gasteiger partial charge in [0, 0.05) is 6.20 Å². The van der Waals surface area contributed by atoms with Crippen LogP contribution in [0.4, 0.5) is 4.39 Å². The lowest BCUT2D eigenvalue weighted by Gasteiger charge is -1.96. The lowest BCUT2D eigenvalue weighted by Crippen LogP contribution is -1.84. The number of aromatic nitrogens is 1. The second-order valence-corrected chi connectivity index (χ2v) is 2.10. The van der Waals surface area contributed by atoms with Crippen molar-refractivity contribution in [2.24, 2.45) is 0 Å². The Morgan fingerprint density at radius 3 is 2.73 bits per heavy atom. The van der Waals surface area contributed by atoms with Gasteiger partial charge in [-0.3, -0.25) is 0 Å². The third-order valence-corrected chi connectivity index (χ3v) is 1.34. The number of hydrogen-bond donors (Lipinski definition) is 0. The minimum absolute atomic E-state index is 0.481. The van der Waals surface area contributed by atoms with E-state index in [0.29, 0.717) is 0 Å². The molecule has 1 aromatic rings. The van der Waals surface area contributed by atoms with Gasteiger partial charge in [-0.25, -0.2) is 4.98 Å². The Balaban J connectivity index is 2.98. The van der Waals surface area contributed by atoms with Crippen molar-refractivity contribution in [1.29, 1.82) is 0 Å². The predicted octanol–water partition coefficient (Wildman–Crippen LogP) is 2.42. The van der Waals surface area contributed by atoms with Gasteiger partial charge >= 0.3 is 0 Å².